The Balaban J connectivity index is -0.000000564. The summed E-state index contributed by atoms with van der Waals surface area (Å²) in [4.78, 5) is 18.3. The van der Waals surface area contributed by atoms with E-state index in [1.165, 1.54) is 13.8 Å². The van der Waals surface area contributed by atoms with E-state index in [-0.39, 0.29) is 45.1 Å². The van der Waals surface area contributed by atoms with Gasteiger partial charge in [-0.3, -0.25) is 20.0 Å². The van der Waals surface area contributed by atoms with Crippen LogP contribution in [0.4, 0.5) is 0 Å². The van der Waals surface area contributed by atoms with E-state index in [9.17, 15) is 10.2 Å². The third-order valence-corrected chi connectivity index (χ3v) is 6.43. The second-order valence-corrected chi connectivity index (χ2v) is 12.7. The van der Waals surface area contributed by atoms with Crippen LogP contribution in [-0.2, 0) is 33.6 Å². The zero-order chi connectivity index (χ0) is 40.1. The van der Waals surface area contributed by atoms with Crippen molar-refractivity contribution in [3.8, 4) is 23.6 Å². The van der Waals surface area contributed by atoms with Crippen LogP contribution in [0.1, 0.15) is 74.9 Å². The number of aryl methyl sites for hydroxylation is 2. The van der Waals surface area contributed by atoms with Gasteiger partial charge >= 0.3 is 33.6 Å². The first kappa shape index (κ1) is 56.7. The number of halogens is 2. The van der Waals surface area contributed by atoms with Crippen LogP contribution in [0.25, 0.3) is 0 Å². The molecule has 0 unspecified atom stereocenters. The molecule has 4 bridgehead atoms. The maximum atomic E-state index is 13.0. The summed E-state index contributed by atoms with van der Waals surface area (Å²) in [7, 11) is -9.89. The number of rotatable bonds is 0. The summed E-state index contributed by atoms with van der Waals surface area (Å²) in [6, 6.07) is 10.9. The number of fused-ring (bicyclic) bond motifs is 4. The van der Waals surface area contributed by atoms with Gasteiger partial charge < -0.3 is 15.5 Å². The molecule has 1 N–H and O–H groups in total. The van der Waals surface area contributed by atoms with Crippen LogP contribution in [-0.4, -0.2) is 62.1 Å². The number of hydrogen-bond acceptors (Lipinski definition) is 17. The molecule has 1 aliphatic rings. The molecule has 53 heavy (non-hydrogen) atoms. The van der Waals surface area contributed by atoms with Crippen LogP contribution < -0.4 is 52.8 Å². The average molecular weight is 872 g/mol. The molecule has 0 amide bonds. The van der Waals surface area contributed by atoms with Crippen molar-refractivity contribution in [2.75, 3.05) is 26.2 Å². The van der Waals surface area contributed by atoms with Crippen molar-refractivity contribution in [1.29, 1.82) is 10.5 Å². The molecular weight excluding hydrogens is 831 g/mol. The molecule has 0 fully saturated rings. The smallest absolute Gasteiger partial charge is 0.872 e. The Labute approximate surface area is 334 Å². The van der Waals surface area contributed by atoms with Gasteiger partial charge in [-0.05, 0) is 74.9 Å². The second-order valence-electron chi connectivity index (χ2n) is 11.2. The molecular formula is C32H41Cl2Co2N7O10+. The number of nitrogens with one attached hydrogen (secondary N) is 1. The second kappa shape index (κ2) is 27.5. The summed E-state index contributed by atoms with van der Waals surface area (Å²) < 4.78 is 67.9. The van der Waals surface area contributed by atoms with Crippen LogP contribution in [0.5, 0.6) is 11.5 Å². The third-order valence-electron chi connectivity index (χ3n) is 6.43. The zero-order valence-corrected chi connectivity index (χ0v) is 33.7. The summed E-state index contributed by atoms with van der Waals surface area (Å²) in [5.74, 6) is -0.201. The fourth-order valence-corrected chi connectivity index (χ4v) is 3.56. The van der Waals surface area contributed by atoms with Gasteiger partial charge in [0.2, 0.25) is 0 Å². The van der Waals surface area contributed by atoms with E-state index in [0.29, 0.717) is 48.4 Å². The van der Waals surface area contributed by atoms with E-state index in [1.54, 1.807) is 37.0 Å². The van der Waals surface area contributed by atoms with Gasteiger partial charge in [-0.2, -0.15) is 10.5 Å². The van der Waals surface area contributed by atoms with Gasteiger partial charge in [0.05, 0.1) is 36.3 Å². The van der Waals surface area contributed by atoms with Crippen LogP contribution in [0.3, 0.4) is 0 Å². The Kier molecular flexibility index (Phi) is 29.4. The topological polar surface area (TPSA) is 340 Å². The van der Waals surface area contributed by atoms with Gasteiger partial charge in [0, 0.05) is 51.8 Å². The number of hydrogen-bond donors (Lipinski definition) is 1. The molecule has 0 saturated carbocycles. The predicted octanol–water partition coefficient (Wildman–Crippen LogP) is -5.47. The first-order valence-corrected chi connectivity index (χ1v) is 17.1. The summed E-state index contributed by atoms with van der Waals surface area (Å²) in [6.07, 6.45) is 6.54. The third kappa shape index (κ3) is 28.1. The summed E-state index contributed by atoms with van der Waals surface area (Å²) in [6.45, 7) is 17.1. The summed E-state index contributed by atoms with van der Waals surface area (Å²) in [5, 5.41) is 43.9. The first-order chi connectivity index (χ1) is 23.3. The van der Waals surface area contributed by atoms with Crippen LogP contribution in [0.15, 0.2) is 44.2 Å². The molecule has 2 aromatic rings. The van der Waals surface area contributed by atoms with Crippen molar-refractivity contribution >= 4 is 24.9 Å². The molecule has 1 heterocycles. The Hall–Kier alpha value is -3.07. The average Bonchev–Trinajstić information content (AvgIpc) is 2.96. The molecule has 295 valence electrons. The molecule has 0 atom stereocenters. The van der Waals surface area contributed by atoms with Gasteiger partial charge in [-0.1, -0.05) is 35.8 Å². The molecule has 1 aliphatic heterocycles. The summed E-state index contributed by atoms with van der Waals surface area (Å²) >= 11 is 0. The van der Waals surface area contributed by atoms with Crippen molar-refractivity contribution in [2.24, 2.45) is 20.0 Å². The Morgan fingerprint density at radius 2 is 0.830 bits per heavy atom. The van der Waals surface area contributed by atoms with E-state index in [4.69, 9.17) is 57.8 Å². The van der Waals surface area contributed by atoms with Gasteiger partial charge in [0.25, 0.3) is 0 Å². The minimum Gasteiger partial charge on any atom is -0.872 e. The van der Waals surface area contributed by atoms with Crippen LogP contribution in [0, 0.1) is 57.0 Å². The molecule has 2 aromatic carbocycles. The van der Waals surface area contributed by atoms with E-state index < -0.39 is 31.6 Å². The minimum atomic E-state index is -4.94. The maximum absolute atomic E-state index is 13.0. The van der Waals surface area contributed by atoms with Gasteiger partial charge in [-0.15, -0.1) is 20.5 Å². The SMILES string of the molecule is CC#N.CC#N.Cc1cc2c([O-])c(c1)C=NC(C)(C)C(C)(C)N=Cc1cc(C)cc(c1[O-])C=NCCNCCN=C2.[Co+2].[Co+3].[O-][Cl+3]([O-])([O-])[O-].[O-][Cl+3]([O-])([O-])[O-]. The van der Waals surface area contributed by atoms with Crippen LogP contribution in [0.2, 0.25) is 0 Å². The molecule has 0 aromatic heterocycles. The number of benzene rings is 2. The van der Waals surface area contributed by atoms with Gasteiger partial charge in [0.15, 0.2) is 0 Å². The quantitative estimate of drug-likeness (QED) is 0.259. The standard InChI is InChI=1S/C28H37N5O2.2C2H3N.2ClHO4.2Co/c1-19-11-21-15-30-9-7-29-8-10-31-16-22-12-20(2)14-24(26(22)35)18-33-28(5,6)27(3,4)32-17-23(13-19)25(21)34;2*1-2-3;2*2-1(3,4)5;;/h11-18,29,34-35H,7-10H2,1-6H3;2*1H3;2*(H,2,3,4,5);;/q;;;;;+2;+3/p-4. The minimum absolute atomic E-state index is 0. The van der Waals surface area contributed by atoms with E-state index in [2.05, 4.69) is 15.3 Å². The zero-order valence-electron chi connectivity index (χ0n) is 30.1. The first-order valence-electron chi connectivity index (χ1n) is 14.6. The Morgan fingerprint density at radius 3 is 1.08 bits per heavy atom. The fraction of sp³-hybridized carbons (Fsp3) is 0.438. The molecule has 3 rings (SSSR count). The van der Waals surface area contributed by atoms with Crippen molar-refractivity contribution in [2.45, 2.75) is 66.5 Å². The number of nitriles is 2. The van der Waals surface area contributed by atoms with E-state index in [1.807, 2.05) is 65.8 Å². The fourth-order valence-electron chi connectivity index (χ4n) is 3.56. The van der Waals surface area contributed by atoms with Gasteiger partial charge in [0.1, 0.15) is 0 Å². The molecule has 0 spiro atoms. The molecule has 21 heteroatoms. The Bertz CT molecular complexity index is 1460. The molecule has 0 aliphatic carbocycles. The Morgan fingerprint density at radius 1 is 0.604 bits per heavy atom. The van der Waals surface area contributed by atoms with Gasteiger partial charge in [-0.25, -0.2) is 37.3 Å². The van der Waals surface area contributed by atoms with Crippen molar-refractivity contribution < 1.29 is 102 Å². The van der Waals surface area contributed by atoms with Crippen LogP contribution >= 0.6 is 0 Å². The number of aliphatic imine (C=N–C) groups is 4. The summed E-state index contributed by atoms with van der Waals surface area (Å²) in [5.41, 5.74) is 2.79. The van der Waals surface area contributed by atoms with Crippen molar-refractivity contribution in [3.05, 3.63) is 57.6 Å². The largest absolute Gasteiger partial charge is 3.00 e. The maximum Gasteiger partial charge on any atom is 3.00 e. The molecule has 0 saturated heterocycles. The normalized spacial score (nSPS) is 14.6. The van der Waals surface area contributed by atoms with E-state index in [0.717, 1.165) is 11.1 Å². The number of nitrogens with zero attached hydrogens (tertiary/aromatic N) is 6. The molecule has 17 nitrogen and oxygen atoms in total. The van der Waals surface area contributed by atoms with Crippen molar-refractivity contribution in [1.82, 2.24) is 5.32 Å². The van der Waals surface area contributed by atoms with Crippen molar-refractivity contribution in [3.63, 3.8) is 0 Å². The molecule has 1 radical (unpaired) electrons. The predicted molar refractivity (Wildman–Crippen MR) is 165 cm³/mol. The monoisotopic (exact) mass is 871 g/mol. The van der Waals surface area contributed by atoms with E-state index >= 15 is 0 Å².